The minimum Gasteiger partial charge on any atom is -0.449 e. The molecule has 2 aromatic heterocycles. The molecule has 0 aliphatic heterocycles. The lowest BCUT2D eigenvalue weighted by molar-refractivity contribution is -0.123. The van der Waals surface area contributed by atoms with Crippen molar-refractivity contribution in [2.24, 2.45) is 5.92 Å². The number of carbonyl (C=O) groups excluding carboxylic acids is 2. The average Bonchev–Trinajstić information content (AvgIpc) is 3.30. The molecule has 1 aliphatic carbocycles. The minimum atomic E-state index is -1.02. The van der Waals surface area contributed by atoms with Gasteiger partial charge in [-0.2, -0.15) is 5.26 Å². The zero-order valence-corrected chi connectivity index (χ0v) is 16.8. The maximum Gasteiger partial charge on any atom is 0.339 e. The molecular formula is C21H19N3O4S. The summed E-state index contributed by atoms with van der Waals surface area (Å²) in [4.78, 5) is 30.1. The molecule has 0 spiro atoms. The number of esters is 1. The summed E-state index contributed by atoms with van der Waals surface area (Å²) in [6, 6.07) is 6.96. The second-order valence-corrected chi connectivity index (χ2v) is 8.34. The highest BCUT2D eigenvalue weighted by atomic mass is 32.1. The summed E-state index contributed by atoms with van der Waals surface area (Å²) in [6.45, 7) is 3.69. The first kappa shape index (κ1) is 19.2. The van der Waals surface area contributed by atoms with Gasteiger partial charge in [0.15, 0.2) is 18.1 Å². The number of amides is 1. The van der Waals surface area contributed by atoms with Crippen LogP contribution in [0, 0.1) is 17.2 Å². The Bertz CT molecular complexity index is 1140. The smallest absolute Gasteiger partial charge is 0.339 e. The Morgan fingerprint density at radius 1 is 1.45 bits per heavy atom. The molecule has 4 rings (SSSR count). The third-order valence-electron chi connectivity index (χ3n) is 5.08. The van der Waals surface area contributed by atoms with Crippen LogP contribution >= 0.6 is 11.3 Å². The predicted molar refractivity (Wildman–Crippen MR) is 108 cm³/mol. The molecule has 3 aromatic rings. The molecule has 1 aromatic carbocycles. The van der Waals surface area contributed by atoms with E-state index in [1.54, 1.807) is 12.1 Å². The van der Waals surface area contributed by atoms with Crippen molar-refractivity contribution in [2.45, 2.75) is 39.2 Å². The van der Waals surface area contributed by atoms with Gasteiger partial charge in [-0.15, -0.1) is 11.3 Å². The molecule has 148 valence electrons. The number of benzene rings is 1. The quantitative estimate of drug-likeness (QED) is 0.651. The molecule has 29 heavy (non-hydrogen) atoms. The number of ether oxygens (including phenoxy) is 1. The van der Waals surface area contributed by atoms with Crippen molar-refractivity contribution in [3.8, 4) is 6.07 Å². The summed E-state index contributed by atoms with van der Waals surface area (Å²) in [5.74, 6) is -0.536. The standard InChI is InChI=1S/C21H19N3O4S/c1-11-3-5-14-15(9-22)20(29-18(14)7-11)24-19(25)12(2)28-21(26)13-4-6-16-17(8-13)27-10-23-16/h4,6,8,10-12H,3,5,7H2,1-2H3,(H,24,25). The Balaban J connectivity index is 1.46. The van der Waals surface area contributed by atoms with Crippen LogP contribution in [0.5, 0.6) is 0 Å². The Kier molecular flexibility index (Phi) is 5.07. The van der Waals surface area contributed by atoms with Gasteiger partial charge >= 0.3 is 5.97 Å². The van der Waals surface area contributed by atoms with Gasteiger partial charge < -0.3 is 14.5 Å². The molecule has 2 unspecified atom stereocenters. The second kappa shape index (κ2) is 7.68. The number of oxazole rings is 1. The topological polar surface area (TPSA) is 105 Å². The van der Waals surface area contributed by atoms with Crippen molar-refractivity contribution in [3.63, 3.8) is 0 Å². The first-order chi connectivity index (χ1) is 14.0. The van der Waals surface area contributed by atoms with Crippen LogP contribution < -0.4 is 5.32 Å². The molecule has 0 bridgehead atoms. The van der Waals surface area contributed by atoms with Crippen molar-refractivity contribution >= 4 is 39.3 Å². The van der Waals surface area contributed by atoms with E-state index < -0.39 is 18.0 Å². The molecule has 1 aliphatic rings. The van der Waals surface area contributed by atoms with Crippen molar-refractivity contribution < 1.29 is 18.7 Å². The number of rotatable bonds is 4. The van der Waals surface area contributed by atoms with Gasteiger partial charge in [0.25, 0.3) is 5.91 Å². The lowest BCUT2D eigenvalue weighted by atomic mass is 9.88. The normalized spacial score (nSPS) is 16.7. The van der Waals surface area contributed by atoms with Crippen LogP contribution in [0.3, 0.4) is 0 Å². The monoisotopic (exact) mass is 409 g/mol. The van der Waals surface area contributed by atoms with E-state index in [2.05, 4.69) is 23.3 Å². The maximum atomic E-state index is 12.6. The number of nitriles is 1. The van der Waals surface area contributed by atoms with Gasteiger partial charge in [0.05, 0.1) is 11.1 Å². The summed E-state index contributed by atoms with van der Waals surface area (Å²) in [5.41, 5.74) is 2.93. The van der Waals surface area contributed by atoms with E-state index in [9.17, 15) is 14.9 Å². The molecule has 0 saturated carbocycles. The molecule has 0 fully saturated rings. The van der Waals surface area contributed by atoms with Crippen LogP contribution in [-0.4, -0.2) is 23.0 Å². The van der Waals surface area contributed by atoms with Crippen LogP contribution in [-0.2, 0) is 22.4 Å². The Morgan fingerprint density at radius 3 is 3.07 bits per heavy atom. The van der Waals surface area contributed by atoms with Crippen molar-refractivity contribution in [1.29, 1.82) is 5.26 Å². The highest BCUT2D eigenvalue weighted by Gasteiger charge is 2.26. The van der Waals surface area contributed by atoms with Gasteiger partial charge in [-0.1, -0.05) is 6.92 Å². The van der Waals surface area contributed by atoms with E-state index in [0.29, 0.717) is 27.6 Å². The molecular weight excluding hydrogens is 390 g/mol. The number of carbonyl (C=O) groups is 2. The molecule has 1 amide bonds. The van der Waals surface area contributed by atoms with E-state index in [4.69, 9.17) is 9.15 Å². The lowest BCUT2D eigenvalue weighted by Crippen LogP contribution is -2.30. The Hall–Kier alpha value is -3.18. The van der Waals surface area contributed by atoms with Gasteiger partial charge in [0.1, 0.15) is 16.6 Å². The van der Waals surface area contributed by atoms with Crippen molar-refractivity contribution in [1.82, 2.24) is 4.98 Å². The lowest BCUT2D eigenvalue weighted by Gasteiger charge is -2.17. The predicted octanol–water partition coefficient (Wildman–Crippen LogP) is 4.07. The zero-order chi connectivity index (χ0) is 20.5. The fourth-order valence-corrected chi connectivity index (χ4v) is 4.80. The number of fused-ring (bicyclic) bond motifs is 2. The molecule has 1 N–H and O–H groups in total. The van der Waals surface area contributed by atoms with E-state index in [1.807, 2.05) is 0 Å². The molecule has 7 nitrogen and oxygen atoms in total. The highest BCUT2D eigenvalue weighted by Crippen LogP contribution is 2.39. The summed E-state index contributed by atoms with van der Waals surface area (Å²) >= 11 is 1.44. The van der Waals surface area contributed by atoms with Gasteiger partial charge in [-0.05, 0) is 55.9 Å². The van der Waals surface area contributed by atoms with Gasteiger partial charge in [-0.25, -0.2) is 9.78 Å². The van der Waals surface area contributed by atoms with Crippen molar-refractivity contribution in [3.05, 3.63) is 46.2 Å². The molecule has 0 radical (unpaired) electrons. The number of aromatic nitrogens is 1. The van der Waals surface area contributed by atoms with Crippen LogP contribution in [0.4, 0.5) is 5.00 Å². The van der Waals surface area contributed by atoms with E-state index >= 15 is 0 Å². The second-order valence-electron chi connectivity index (χ2n) is 7.24. The number of anilines is 1. The summed E-state index contributed by atoms with van der Waals surface area (Å²) < 4.78 is 10.5. The molecule has 0 saturated heterocycles. The Morgan fingerprint density at radius 2 is 2.28 bits per heavy atom. The highest BCUT2D eigenvalue weighted by molar-refractivity contribution is 7.16. The average molecular weight is 409 g/mol. The van der Waals surface area contributed by atoms with Gasteiger partial charge in [0, 0.05) is 4.88 Å². The summed E-state index contributed by atoms with van der Waals surface area (Å²) in [5, 5.41) is 12.8. The summed E-state index contributed by atoms with van der Waals surface area (Å²) in [6.07, 6.45) is 3.08. The number of hydrogen-bond acceptors (Lipinski definition) is 7. The molecule has 2 heterocycles. The van der Waals surface area contributed by atoms with Gasteiger partial charge in [-0.3, -0.25) is 4.79 Å². The first-order valence-electron chi connectivity index (χ1n) is 9.36. The van der Waals surface area contributed by atoms with Gasteiger partial charge in [0.2, 0.25) is 0 Å². The van der Waals surface area contributed by atoms with Crippen molar-refractivity contribution in [2.75, 3.05) is 5.32 Å². The largest absolute Gasteiger partial charge is 0.449 e. The molecule has 2 atom stereocenters. The van der Waals surface area contributed by atoms with Crippen LogP contribution in [0.1, 0.15) is 46.6 Å². The zero-order valence-electron chi connectivity index (χ0n) is 16.0. The fourth-order valence-electron chi connectivity index (χ4n) is 3.43. The Labute approximate surface area is 171 Å². The van der Waals surface area contributed by atoms with Crippen LogP contribution in [0.2, 0.25) is 0 Å². The molecule has 8 heteroatoms. The number of hydrogen-bond donors (Lipinski definition) is 1. The maximum absolute atomic E-state index is 12.6. The van der Waals surface area contributed by atoms with Crippen LogP contribution in [0.25, 0.3) is 11.1 Å². The van der Waals surface area contributed by atoms with E-state index in [0.717, 1.165) is 29.7 Å². The summed E-state index contributed by atoms with van der Waals surface area (Å²) in [7, 11) is 0. The fraction of sp³-hybridized carbons (Fsp3) is 0.333. The number of nitrogens with one attached hydrogen (secondary N) is 1. The van der Waals surface area contributed by atoms with E-state index in [-0.39, 0.29) is 5.56 Å². The van der Waals surface area contributed by atoms with Crippen LogP contribution in [0.15, 0.2) is 29.0 Å². The number of thiophene rings is 1. The number of nitrogens with zero attached hydrogens (tertiary/aromatic N) is 2. The SMILES string of the molecule is CC1CCc2c(sc(NC(=O)C(C)OC(=O)c3ccc4ncoc4c3)c2C#N)C1. The minimum absolute atomic E-state index is 0.271. The first-order valence-corrected chi connectivity index (χ1v) is 10.2. The van der Waals surface area contributed by atoms with E-state index in [1.165, 1.54) is 30.7 Å². The third-order valence-corrected chi connectivity index (χ3v) is 6.25. The third kappa shape index (κ3) is 3.74.